The van der Waals surface area contributed by atoms with Gasteiger partial charge in [0.25, 0.3) is 0 Å². The summed E-state index contributed by atoms with van der Waals surface area (Å²) in [6.45, 7) is 7.32. The van der Waals surface area contributed by atoms with Crippen LogP contribution in [0.2, 0.25) is 0 Å². The van der Waals surface area contributed by atoms with Crippen molar-refractivity contribution in [1.82, 2.24) is 10.2 Å². The summed E-state index contributed by atoms with van der Waals surface area (Å²) in [5.41, 5.74) is 10.1. The molecular formula is C27H37N3O3. The van der Waals surface area contributed by atoms with Gasteiger partial charge in [0.1, 0.15) is 5.75 Å². The van der Waals surface area contributed by atoms with Crippen molar-refractivity contribution in [3.8, 4) is 5.75 Å². The van der Waals surface area contributed by atoms with E-state index in [0.717, 1.165) is 42.6 Å². The van der Waals surface area contributed by atoms with E-state index in [1.165, 1.54) is 18.4 Å². The predicted molar refractivity (Wildman–Crippen MR) is 131 cm³/mol. The van der Waals surface area contributed by atoms with Gasteiger partial charge in [-0.2, -0.15) is 0 Å². The highest BCUT2D eigenvalue weighted by Crippen LogP contribution is 2.30. The van der Waals surface area contributed by atoms with Crippen molar-refractivity contribution in [1.29, 1.82) is 0 Å². The average molecular weight is 452 g/mol. The third-order valence-corrected chi connectivity index (χ3v) is 6.56. The smallest absolute Gasteiger partial charge is 0.243 e. The van der Waals surface area contributed by atoms with Crippen LogP contribution in [-0.2, 0) is 22.4 Å². The number of carbonyl (C=O) groups excluding carboxylic acids is 2. The van der Waals surface area contributed by atoms with Crippen molar-refractivity contribution < 1.29 is 14.7 Å². The number of rotatable bonds is 11. The number of nitrogens with zero attached hydrogens (tertiary/aromatic N) is 1. The van der Waals surface area contributed by atoms with E-state index in [1.54, 1.807) is 12.1 Å². The molecule has 1 fully saturated rings. The second kappa shape index (κ2) is 11.4. The lowest BCUT2D eigenvalue weighted by molar-refractivity contribution is -0.134. The van der Waals surface area contributed by atoms with Crippen LogP contribution in [0.4, 0.5) is 0 Å². The number of carbonyl (C=O) groups is 2. The van der Waals surface area contributed by atoms with Crippen LogP contribution in [0.5, 0.6) is 5.75 Å². The quantitative estimate of drug-likeness (QED) is 0.487. The predicted octanol–water partition coefficient (Wildman–Crippen LogP) is 3.25. The standard InChI is InChI=1S/C27H37N3O3/c1-18-14-23(31)15-19(2)24(18)16-25(28)27(33)29-26(32)20(3)30(17-22-11-12-22)13-7-10-21-8-5-4-6-9-21/h4-6,8-9,14-15,20,22,25,31H,7,10-13,16-17,28H2,1-3H3,(H,29,32,33)/t20-,25?/m1/s1. The third kappa shape index (κ3) is 7.41. The molecule has 178 valence electrons. The summed E-state index contributed by atoms with van der Waals surface area (Å²) in [4.78, 5) is 27.8. The molecule has 0 radical (unpaired) electrons. The Morgan fingerprint density at radius 1 is 1.12 bits per heavy atom. The molecule has 6 heteroatoms. The highest BCUT2D eigenvalue weighted by atomic mass is 16.3. The number of amides is 2. The summed E-state index contributed by atoms with van der Waals surface area (Å²) in [6, 6.07) is 12.4. The summed E-state index contributed by atoms with van der Waals surface area (Å²) >= 11 is 0. The number of imide groups is 1. The van der Waals surface area contributed by atoms with Gasteiger partial charge in [-0.3, -0.25) is 19.8 Å². The third-order valence-electron chi connectivity index (χ3n) is 6.56. The van der Waals surface area contributed by atoms with Gasteiger partial charge in [0.2, 0.25) is 11.8 Å². The Hall–Kier alpha value is -2.70. The summed E-state index contributed by atoms with van der Waals surface area (Å²) in [5, 5.41) is 12.3. The van der Waals surface area contributed by atoms with Gasteiger partial charge in [-0.05, 0) is 99.7 Å². The van der Waals surface area contributed by atoms with E-state index in [9.17, 15) is 14.7 Å². The van der Waals surface area contributed by atoms with E-state index in [0.29, 0.717) is 12.3 Å². The van der Waals surface area contributed by atoms with E-state index in [2.05, 4.69) is 22.3 Å². The van der Waals surface area contributed by atoms with Crippen LogP contribution in [-0.4, -0.2) is 47.0 Å². The minimum absolute atomic E-state index is 0.193. The zero-order valence-corrected chi connectivity index (χ0v) is 20.0. The fraction of sp³-hybridized carbons (Fsp3) is 0.481. The molecule has 2 aromatic rings. The molecule has 0 aliphatic heterocycles. The first-order valence-electron chi connectivity index (χ1n) is 11.9. The molecule has 33 heavy (non-hydrogen) atoms. The monoisotopic (exact) mass is 451 g/mol. The van der Waals surface area contributed by atoms with Gasteiger partial charge < -0.3 is 10.8 Å². The van der Waals surface area contributed by atoms with Crippen LogP contribution in [0, 0.1) is 19.8 Å². The molecule has 2 amide bonds. The first-order chi connectivity index (χ1) is 15.7. The number of phenols is 1. The normalized spacial score (nSPS) is 15.3. The second-order valence-corrected chi connectivity index (χ2v) is 9.43. The summed E-state index contributed by atoms with van der Waals surface area (Å²) < 4.78 is 0. The lowest BCUT2D eigenvalue weighted by Crippen LogP contribution is -2.52. The molecule has 2 aromatic carbocycles. The van der Waals surface area contributed by atoms with Crippen LogP contribution >= 0.6 is 0 Å². The second-order valence-electron chi connectivity index (χ2n) is 9.43. The van der Waals surface area contributed by atoms with Crippen LogP contribution in [0.1, 0.15) is 48.4 Å². The maximum atomic E-state index is 12.9. The lowest BCUT2D eigenvalue weighted by Gasteiger charge is -2.28. The highest BCUT2D eigenvalue weighted by Gasteiger charge is 2.30. The molecule has 3 rings (SSSR count). The van der Waals surface area contributed by atoms with Gasteiger partial charge in [-0.25, -0.2) is 0 Å². The van der Waals surface area contributed by atoms with E-state index in [1.807, 2.05) is 39.0 Å². The topological polar surface area (TPSA) is 95.7 Å². The van der Waals surface area contributed by atoms with Crippen LogP contribution < -0.4 is 11.1 Å². The Bertz CT molecular complexity index is 933. The molecule has 0 aromatic heterocycles. The van der Waals surface area contributed by atoms with Gasteiger partial charge in [-0.1, -0.05) is 30.3 Å². The van der Waals surface area contributed by atoms with E-state index < -0.39 is 18.0 Å². The van der Waals surface area contributed by atoms with Crippen LogP contribution in [0.3, 0.4) is 0 Å². The van der Waals surface area contributed by atoms with Crippen molar-refractivity contribution in [2.45, 2.75) is 65.0 Å². The van der Waals surface area contributed by atoms with Gasteiger partial charge >= 0.3 is 0 Å². The number of hydrogen-bond acceptors (Lipinski definition) is 5. The number of hydrogen-bond donors (Lipinski definition) is 3. The first-order valence-corrected chi connectivity index (χ1v) is 11.9. The molecule has 0 spiro atoms. The molecule has 0 heterocycles. The molecule has 0 saturated heterocycles. The number of aryl methyl sites for hydroxylation is 3. The summed E-state index contributed by atoms with van der Waals surface area (Å²) in [5.74, 6) is 0.0820. The van der Waals surface area contributed by atoms with E-state index >= 15 is 0 Å². The van der Waals surface area contributed by atoms with Crippen molar-refractivity contribution in [2.75, 3.05) is 13.1 Å². The summed E-state index contributed by atoms with van der Waals surface area (Å²) in [6.07, 6.45) is 4.65. The molecule has 0 bridgehead atoms. The molecule has 4 N–H and O–H groups in total. The van der Waals surface area contributed by atoms with Gasteiger partial charge in [0.15, 0.2) is 0 Å². The Balaban J connectivity index is 1.55. The minimum atomic E-state index is -0.835. The number of aromatic hydroxyl groups is 1. The van der Waals surface area contributed by atoms with E-state index in [-0.39, 0.29) is 11.7 Å². The maximum absolute atomic E-state index is 12.9. The van der Waals surface area contributed by atoms with E-state index in [4.69, 9.17) is 5.73 Å². The number of nitrogens with one attached hydrogen (secondary N) is 1. The molecular weight excluding hydrogens is 414 g/mol. The fourth-order valence-corrected chi connectivity index (χ4v) is 4.30. The zero-order valence-electron chi connectivity index (χ0n) is 20.0. The number of benzene rings is 2. The molecule has 1 aliphatic rings. The molecule has 6 nitrogen and oxygen atoms in total. The SMILES string of the molecule is Cc1cc(O)cc(C)c1CC(N)C(=O)NC(=O)[C@@H](C)N(CCCc1ccccc1)CC1CC1. The highest BCUT2D eigenvalue weighted by molar-refractivity contribution is 5.99. The molecule has 1 aliphatic carbocycles. The Morgan fingerprint density at radius 3 is 2.36 bits per heavy atom. The van der Waals surface area contributed by atoms with Gasteiger partial charge in [0.05, 0.1) is 12.1 Å². The van der Waals surface area contributed by atoms with Crippen molar-refractivity contribution >= 4 is 11.8 Å². The lowest BCUT2D eigenvalue weighted by atomic mass is 9.96. The Labute approximate surface area is 197 Å². The summed E-state index contributed by atoms with van der Waals surface area (Å²) in [7, 11) is 0. The maximum Gasteiger partial charge on any atom is 0.243 e. The van der Waals surface area contributed by atoms with Crippen molar-refractivity contribution in [3.63, 3.8) is 0 Å². The molecule has 1 unspecified atom stereocenters. The van der Waals surface area contributed by atoms with Crippen LogP contribution in [0.15, 0.2) is 42.5 Å². The number of phenolic OH excluding ortho intramolecular Hbond substituents is 1. The average Bonchev–Trinajstić information content (AvgIpc) is 3.59. The van der Waals surface area contributed by atoms with Gasteiger partial charge in [-0.15, -0.1) is 0 Å². The Morgan fingerprint density at radius 2 is 1.76 bits per heavy atom. The minimum Gasteiger partial charge on any atom is -0.508 e. The fourth-order valence-electron chi connectivity index (χ4n) is 4.30. The number of nitrogens with two attached hydrogens (primary N) is 1. The van der Waals surface area contributed by atoms with Crippen molar-refractivity contribution in [2.24, 2.45) is 11.7 Å². The first kappa shape index (κ1) is 24.9. The van der Waals surface area contributed by atoms with Gasteiger partial charge in [0, 0.05) is 6.54 Å². The molecule has 1 saturated carbocycles. The zero-order chi connectivity index (χ0) is 24.0. The Kier molecular flexibility index (Phi) is 8.64. The largest absolute Gasteiger partial charge is 0.508 e. The molecule has 2 atom stereocenters. The van der Waals surface area contributed by atoms with Crippen LogP contribution in [0.25, 0.3) is 0 Å². The van der Waals surface area contributed by atoms with Crippen molar-refractivity contribution in [3.05, 3.63) is 64.7 Å².